The number of ketones is 1. The summed E-state index contributed by atoms with van der Waals surface area (Å²) in [6.45, 7) is 0. The minimum Gasteiger partial charge on any atom is -0.287 e. The number of rotatable bonds is 2. The van der Waals surface area contributed by atoms with Gasteiger partial charge in [-0.2, -0.15) is 0 Å². The predicted octanol–water partition coefficient (Wildman–Crippen LogP) is 3.51. The molecule has 0 unspecified atom stereocenters. The van der Waals surface area contributed by atoms with Crippen molar-refractivity contribution in [3.05, 3.63) is 71.3 Å². The Balaban J connectivity index is 2.20. The fourth-order valence-corrected chi connectivity index (χ4v) is 2.21. The van der Waals surface area contributed by atoms with Crippen LogP contribution in [0.3, 0.4) is 0 Å². The summed E-state index contributed by atoms with van der Waals surface area (Å²) >= 11 is 6.02. The summed E-state index contributed by atoms with van der Waals surface area (Å²) in [5.41, 5.74) is 0.856. The summed E-state index contributed by atoms with van der Waals surface area (Å²) in [6, 6.07) is 10.7. The Hall–Kier alpha value is -2.26. The molecule has 19 heavy (non-hydrogen) atoms. The third-order valence-electron chi connectivity index (χ3n) is 2.90. The molecule has 3 nitrogen and oxygen atoms in total. The van der Waals surface area contributed by atoms with Crippen LogP contribution in [0.5, 0.6) is 0 Å². The van der Waals surface area contributed by atoms with E-state index in [9.17, 15) is 4.79 Å². The van der Waals surface area contributed by atoms with Crippen LogP contribution in [0.15, 0.2) is 55.0 Å². The van der Waals surface area contributed by atoms with Gasteiger partial charge in [-0.05, 0) is 23.6 Å². The largest absolute Gasteiger partial charge is 0.287 e. The second-order valence-corrected chi connectivity index (χ2v) is 4.47. The zero-order valence-electron chi connectivity index (χ0n) is 9.88. The van der Waals surface area contributed by atoms with Crippen molar-refractivity contribution in [2.24, 2.45) is 0 Å². The summed E-state index contributed by atoms with van der Waals surface area (Å²) in [4.78, 5) is 20.6. The third kappa shape index (κ3) is 2.09. The van der Waals surface area contributed by atoms with E-state index in [0.29, 0.717) is 10.6 Å². The number of hydrogen-bond acceptors (Lipinski definition) is 3. The predicted molar refractivity (Wildman–Crippen MR) is 74.4 cm³/mol. The number of hydrogen-bond donors (Lipinski definition) is 0. The van der Waals surface area contributed by atoms with Gasteiger partial charge >= 0.3 is 0 Å². The third-order valence-corrected chi connectivity index (χ3v) is 3.20. The summed E-state index contributed by atoms with van der Waals surface area (Å²) in [5.74, 6) is -0.178. The van der Waals surface area contributed by atoms with E-state index < -0.39 is 0 Å². The Bertz CT molecular complexity index is 765. The number of pyridine rings is 2. The van der Waals surface area contributed by atoms with Gasteiger partial charge in [0, 0.05) is 29.5 Å². The summed E-state index contributed by atoms with van der Waals surface area (Å²) < 4.78 is 0. The number of carbonyl (C=O) groups is 1. The lowest BCUT2D eigenvalue weighted by atomic mass is 10.0. The molecule has 3 rings (SSSR count). The van der Waals surface area contributed by atoms with Crippen molar-refractivity contribution in [3.8, 4) is 0 Å². The Morgan fingerprint density at radius 2 is 1.95 bits per heavy atom. The van der Waals surface area contributed by atoms with E-state index in [4.69, 9.17) is 11.6 Å². The highest BCUT2D eigenvalue weighted by molar-refractivity contribution is 6.35. The molecule has 0 fully saturated rings. The van der Waals surface area contributed by atoms with E-state index in [1.807, 2.05) is 18.2 Å². The molecule has 0 amide bonds. The van der Waals surface area contributed by atoms with Crippen molar-refractivity contribution in [1.82, 2.24) is 9.97 Å². The number of aromatic nitrogens is 2. The summed E-state index contributed by atoms with van der Waals surface area (Å²) in [6.07, 6.45) is 4.96. The highest BCUT2D eigenvalue weighted by atomic mass is 35.5. The molecule has 0 N–H and O–H groups in total. The van der Waals surface area contributed by atoms with Crippen LogP contribution in [0, 0.1) is 0 Å². The lowest BCUT2D eigenvalue weighted by molar-refractivity contribution is 0.103. The van der Waals surface area contributed by atoms with Crippen molar-refractivity contribution in [2.75, 3.05) is 0 Å². The van der Waals surface area contributed by atoms with Crippen LogP contribution in [-0.2, 0) is 0 Å². The monoisotopic (exact) mass is 268 g/mol. The second-order valence-electron chi connectivity index (χ2n) is 4.07. The number of halogens is 1. The van der Waals surface area contributed by atoms with Gasteiger partial charge in [0.25, 0.3) is 0 Å². The first-order chi connectivity index (χ1) is 9.27. The van der Waals surface area contributed by atoms with Crippen LogP contribution in [0.2, 0.25) is 5.02 Å². The highest BCUT2D eigenvalue weighted by Gasteiger charge is 2.16. The Labute approximate surface area is 114 Å². The average molecular weight is 269 g/mol. The molecule has 0 saturated heterocycles. The van der Waals surface area contributed by atoms with E-state index in [1.54, 1.807) is 36.8 Å². The van der Waals surface area contributed by atoms with Crippen molar-refractivity contribution in [3.63, 3.8) is 0 Å². The van der Waals surface area contributed by atoms with Crippen molar-refractivity contribution >= 4 is 28.2 Å². The number of nitrogens with zero attached hydrogens (tertiary/aromatic N) is 2. The molecular formula is C15H9ClN2O. The van der Waals surface area contributed by atoms with Gasteiger partial charge in [0.2, 0.25) is 5.78 Å². The van der Waals surface area contributed by atoms with Crippen LogP contribution in [0.25, 0.3) is 10.8 Å². The minimum absolute atomic E-state index is 0.178. The van der Waals surface area contributed by atoms with Crippen LogP contribution >= 0.6 is 11.6 Å². The zero-order valence-corrected chi connectivity index (χ0v) is 10.6. The van der Waals surface area contributed by atoms with Gasteiger partial charge in [-0.15, -0.1) is 0 Å². The van der Waals surface area contributed by atoms with Gasteiger partial charge in [-0.1, -0.05) is 29.8 Å². The normalized spacial score (nSPS) is 10.6. The fourth-order valence-electron chi connectivity index (χ4n) is 2.00. The van der Waals surface area contributed by atoms with Gasteiger partial charge in [0.15, 0.2) is 0 Å². The van der Waals surface area contributed by atoms with Crippen LogP contribution < -0.4 is 0 Å². The minimum atomic E-state index is -0.178. The molecule has 0 aliphatic heterocycles. The highest BCUT2D eigenvalue weighted by Crippen LogP contribution is 2.22. The van der Waals surface area contributed by atoms with Crippen LogP contribution in [-0.4, -0.2) is 15.8 Å². The molecule has 2 aromatic heterocycles. The molecular weight excluding hydrogens is 260 g/mol. The number of fused-ring (bicyclic) bond motifs is 1. The molecule has 2 heterocycles. The molecule has 0 radical (unpaired) electrons. The first kappa shape index (κ1) is 11.8. The van der Waals surface area contributed by atoms with Crippen LogP contribution in [0.1, 0.15) is 16.1 Å². The number of benzene rings is 1. The molecule has 0 atom stereocenters. The van der Waals surface area contributed by atoms with Gasteiger partial charge in [0.05, 0.1) is 5.02 Å². The maximum absolute atomic E-state index is 12.5. The number of carbonyl (C=O) groups excluding carboxylic acids is 1. The summed E-state index contributed by atoms with van der Waals surface area (Å²) in [7, 11) is 0. The Morgan fingerprint density at radius 1 is 1.05 bits per heavy atom. The van der Waals surface area contributed by atoms with Crippen molar-refractivity contribution in [2.45, 2.75) is 0 Å². The maximum Gasteiger partial charge on any atom is 0.213 e. The maximum atomic E-state index is 12.5. The quantitative estimate of drug-likeness (QED) is 0.668. The molecule has 0 bridgehead atoms. The van der Waals surface area contributed by atoms with Gasteiger partial charge in [-0.25, -0.2) is 0 Å². The SMILES string of the molecule is O=C(c1ncccc1Cl)c1cccc2cnccc12. The standard InChI is InChI=1S/C15H9ClN2O/c16-13-5-2-7-18-14(13)15(19)12-4-1-3-10-9-17-8-6-11(10)12/h1-9H. The lowest BCUT2D eigenvalue weighted by Gasteiger charge is -2.06. The van der Waals surface area contributed by atoms with E-state index in [2.05, 4.69) is 9.97 Å². The first-order valence-corrected chi connectivity index (χ1v) is 6.13. The molecule has 92 valence electrons. The molecule has 0 aliphatic rings. The van der Waals surface area contributed by atoms with Gasteiger partial charge in [0.1, 0.15) is 5.69 Å². The van der Waals surface area contributed by atoms with E-state index in [1.165, 1.54) is 0 Å². The van der Waals surface area contributed by atoms with Gasteiger partial charge < -0.3 is 0 Å². The molecule has 3 aromatic rings. The average Bonchev–Trinajstić information content (AvgIpc) is 2.46. The molecule has 0 saturated carbocycles. The fraction of sp³-hybridized carbons (Fsp3) is 0. The van der Waals surface area contributed by atoms with Gasteiger partial charge in [-0.3, -0.25) is 14.8 Å². The molecule has 0 aliphatic carbocycles. The first-order valence-electron chi connectivity index (χ1n) is 5.75. The van der Waals surface area contributed by atoms with E-state index in [-0.39, 0.29) is 11.5 Å². The summed E-state index contributed by atoms with van der Waals surface area (Å²) in [5, 5.41) is 2.13. The second kappa shape index (κ2) is 4.78. The Morgan fingerprint density at radius 3 is 2.79 bits per heavy atom. The zero-order chi connectivity index (χ0) is 13.2. The lowest BCUT2D eigenvalue weighted by Crippen LogP contribution is -2.05. The molecule has 1 aromatic carbocycles. The smallest absolute Gasteiger partial charge is 0.213 e. The molecule has 0 spiro atoms. The Kier molecular flexibility index (Phi) is 2.97. The van der Waals surface area contributed by atoms with Crippen molar-refractivity contribution < 1.29 is 4.79 Å². The van der Waals surface area contributed by atoms with E-state index >= 15 is 0 Å². The van der Waals surface area contributed by atoms with Crippen molar-refractivity contribution in [1.29, 1.82) is 0 Å². The topological polar surface area (TPSA) is 42.9 Å². The molecule has 4 heteroatoms. The van der Waals surface area contributed by atoms with Crippen LogP contribution in [0.4, 0.5) is 0 Å². The van der Waals surface area contributed by atoms with E-state index in [0.717, 1.165) is 10.8 Å².